The molecule has 1 aliphatic heterocycles. The summed E-state index contributed by atoms with van der Waals surface area (Å²) in [4.78, 5) is 40.0. The molecular weight excluding hydrogens is 430 g/mol. The van der Waals surface area contributed by atoms with E-state index in [9.17, 15) is 18.4 Å². The van der Waals surface area contributed by atoms with Crippen molar-refractivity contribution in [2.75, 3.05) is 19.8 Å². The van der Waals surface area contributed by atoms with E-state index in [4.69, 9.17) is 24.0 Å². The van der Waals surface area contributed by atoms with Crippen molar-refractivity contribution in [2.24, 2.45) is 16.8 Å². The fourth-order valence-electron chi connectivity index (χ4n) is 3.27. The summed E-state index contributed by atoms with van der Waals surface area (Å²) in [6.07, 6.45) is -1.84. The SMILES string of the molecule is CCOOC[C@@H]1C[C@H]1[C@@]1(C)N=C(N(C(=O)OC(C)(C)C)C(=O)OC(C)(C)C)OCC1(F)F. The Morgan fingerprint density at radius 3 is 2.09 bits per heavy atom. The molecule has 0 bridgehead atoms. The van der Waals surface area contributed by atoms with Crippen molar-refractivity contribution in [1.82, 2.24) is 4.90 Å². The van der Waals surface area contributed by atoms with E-state index >= 15 is 0 Å². The highest BCUT2D eigenvalue weighted by Crippen LogP contribution is 2.55. The largest absolute Gasteiger partial charge is 0.458 e. The van der Waals surface area contributed by atoms with Crippen molar-refractivity contribution < 1.29 is 42.4 Å². The molecule has 2 aliphatic rings. The first-order valence-electron chi connectivity index (χ1n) is 10.6. The molecule has 0 aromatic rings. The minimum atomic E-state index is -3.34. The molecule has 1 heterocycles. The highest BCUT2D eigenvalue weighted by Gasteiger charge is 2.65. The van der Waals surface area contributed by atoms with Crippen LogP contribution in [0.5, 0.6) is 0 Å². The highest BCUT2D eigenvalue weighted by molar-refractivity contribution is 6.06. The Balaban J connectivity index is 2.37. The molecule has 11 heteroatoms. The Hall–Kier alpha value is -2.01. The van der Waals surface area contributed by atoms with Gasteiger partial charge in [0.05, 0.1) is 13.2 Å². The molecule has 184 valence electrons. The first-order chi connectivity index (χ1) is 14.5. The summed E-state index contributed by atoms with van der Waals surface area (Å²) in [5, 5.41) is 0. The molecule has 2 rings (SSSR count). The third-order valence-corrected chi connectivity index (χ3v) is 4.92. The Kier molecular flexibility index (Phi) is 7.45. The Morgan fingerprint density at radius 2 is 1.62 bits per heavy atom. The van der Waals surface area contributed by atoms with Gasteiger partial charge in [-0.3, -0.25) is 0 Å². The van der Waals surface area contributed by atoms with Crippen molar-refractivity contribution in [1.29, 1.82) is 0 Å². The summed E-state index contributed by atoms with van der Waals surface area (Å²) >= 11 is 0. The number of carbonyl (C=O) groups is 2. The van der Waals surface area contributed by atoms with Gasteiger partial charge in [0.15, 0.2) is 6.61 Å². The van der Waals surface area contributed by atoms with Gasteiger partial charge in [-0.1, -0.05) is 0 Å². The van der Waals surface area contributed by atoms with Crippen molar-refractivity contribution in [3.05, 3.63) is 0 Å². The summed E-state index contributed by atoms with van der Waals surface area (Å²) < 4.78 is 45.5. The van der Waals surface area contributed by atoms with Gasteiger partial charge in [-0.2, -0.15) is 0 Å². The summed E-state index contributed by atoms with van der Waals surface area (Å²) in [5.41, 5.74) is -3.85. The second-order valence-electron chi connectivity index (χ2n) is 10.1. The van der Waals surface area contributed by atoms with Crippen LogP contribution in [0.1, 0.15) is 61.8 Å². The van der Waals surface area contributed by atoms with E-state index in [1.165, 1.54) is 6.92 Å². The maximum Gasteiger partial charge on any atom is 0.428 e. The molecule has 3 atom stereocenters. The molecule has 1 fully saturated rings. The average Bonchev–Trinajstić information content (AvgIpc) is 3.35. The molecule has 0 aromatic heterocycles. The number of imide groups is 1. The van der Waals surface area contributed by atoms with Gasteiger partial charge in [-0.05, 0) is 73.6 Å². The molecule has 0 aromatic carbocycles. The summed E-state index contributed by atoms with van der Waals surface area (Å²) in [6, 6.07) is -0.585. The molecule has 0 radical (unpaired) electrons. The van der Waals surface area contributed by atoms with Crippen LogP contribution in [0.2, 0.25) is 0 Å². The van der Waals surface area contributed by atoms with E-state index in [0.29, 0.717) is 17.9 Å². The van der Waals surface area contributed by atoms with Gasteiger partial charge in [0, 0.05) is 0 Å². The van der Waals surface area contributed by atoms with Gasteiger partial charge >= 0.3 is 24.1 Å². The molecule has 2 amide bonds. The van der Waals surface area contributed by atoms with E-state index in [-0.39, 0.29) is 12.5 Å². The number of amides is 2. The maximum absolute atomic E-state index is 14.9. The summed E-state index contributed by atoms with van der Waals surface area (Å²) in [7, 11) is 0. The van der Waals surface area contributed by atoms with Crippen molar-refractivity contribution in [3.8, 4) is 0 Å². The first-order valence-corrected chi connectivity index (χ1v) is 10.6. The number of hydrogen-bond donors (Lipinski definition) is 0. The predicted octanol–water partition coefficient (Wildman–Crippen LogP) is 4.54. The van der Waals surface area contributed by atoms with Crippen LogP contribution in [0, 0.1) is 11.8 Å². The minimum Gasteiger partial charge on any atom is -0.458 e. The van der Waals surface area contributed by atoms with Gasteiger partial charge in [0.25, 0.3) is 0 Å². The van der Waals surface area contributed by atoms with Crippen molar-refractivity contribution in [2.45, 2.75) is 84.5 Å². The number of hydrogen-bond acceptors (Lipinski definition) is 8. The highest BCUT2D eigenvalue weighted by atomic mass is 19.3. The molecule has 1 aliphatic carbocycles. The van der Waals surface area contributed by atoms with E-state index in [0.717, 1.165) is 0 Å². The summed E-state index contributed by atoms with van der Waals surface area (Å²) in [5.74, 6) is -4.11. The number of nitrogens with zero attached hydrogens (tertiary/aromatic N) is 2. The molecule has 0 N–H and O–H groups in total. The fourth-order valence-corrected chi connectivity index (χ4v) is 3.27. The van der Waals surface area contributed by atoms with Gasteiger partial charge < -0.3 is 14.2 Å². The quantitative estimate of drug-likeness (QED) is 0.335. The van der Waals surface area contributed by atoms with E-state index in [1.54, 1.807) is 48.5 Å². The normalized spacial score (nSPS) is 27.1. The second-order valence-corrected chi connectivity index (χ2v) is 10.1. The topological polar surface area (TPSA) is 95.9 Å². The van der Waals surface area contributed by atoms with E-state index < -0.39 is 53.4 Å². The van der Waals surface area contributed by atoms with Gasteiger partial charge in [0.2, 0.25) is 0 Å². The standard InChI is InChI=1S/C21H34F2N2O7/c1-9-29-30-11-13-10-14(13)20(8)21(22,23)12-28-15(24-20)25(16(26)31-18(2,3)4)17(27)32-19(5,6)7/h13-14H,9-12H2,1-8H3/t13-,14+,20+/m0/s1. The van der Waals surface area contributed by atoms with Crippen LogP contribution in [0.3, 0.4) is 0 Å². The number of carbonyl (C=O) groups excluding carboxylic acids is 2. The van der Waals surface area contributed by atoms with Crippen LogP contribution in [0.15, 0.2) is 4.99 Å². The van der Waals surface area contributed by atoms with E-state index in [1.807, 2.05) is 0 Å². The van der Waals surface area contributed by atoms with Crippen LogP contribution in [0.4, 0.5) is 18.4 Å². The molecule has 9 nitrogen and oxygen atoms in total. The third-order valence-electron chi connectivity index (χ3n) is 4.92. The lowest BCUT2D eigenvalue weighted by Crippen LogP contribution is -2.58. The predicted molar refractivity (Wildman–Crippen MR) is 110 cm³/mol. The van der Waals surface area contributed by atoms with Crippen LogP contribution >= 0.6 is 0 Å². The van der Waals surface area contributed by atoms with Crippen molar-refractivity contribution >= 4 is 18.2 Å². The van der Waals surface area contributed by atoms with Crippen molar-refractivity contribution in [3.63, 3.8) is 0 Å². The zero-order chi connectivity index (χ0) is 24.5. The minimum absolute atomic E-state index is 0.137. The number of alkyl halides is 2. The number of halogens is 2. The lowest BCUT2D eigenvalue weighted by molar-refractivity contribution is -0.294. The smallest absolute Gasteiger partial charge is 0.428 e. The molecule has 0 unspecified atom stereocenters. The molecule has 1 saturated carbocycles. The lowest BCUT2D eigenvalue weighted by atomic mass is 9.87. The Labute approximate surface area is 187 Å². The summed E-state index contributed by atoms with van der Waals surface area (Å²) in [6.45, 7) is 12.1. The van der Waals surface area contributed by atoms with Gasteiger partial charge in [-0.25, -0.2) is 33.1 Å². The Morgan fingerprint density at radius 1 is 1.09 bits per heavy atom. The van der Waals surface area contributed by atoms with Crippen LogP contribution in [0.25, 0.3) is 0 Å². The van der Waals surface area contributed by atoms with Gasteiger partial charge in [0.1, 0.15) is 16.7 Å². The zero-order valence-corrected chi connectivity index (χ0v) is 20.0. The fraction of sp³-hybridized carbons (Fsp3) is 0.857. The molecule has 0 saturated heterocycles. The second kappa shape index (κ2) is 9.09. The average molecular weight is 465 g/mol. The molecule has 32 heavy (non-hydrogen) atoms. The Bertz CT molecular complexity index is 717. The number of aliphatic imine (C=N–C) groups is 1. The lowest BCUT2D eigenvalue weighted by Gasteiger charge is -2.40. The molecule has 0 spiro atoms. The number of rotatable bonds is 5. The van der Waals surface area contributed by atoms with Crippen LogP contribution in [-0.4, -0.2) is 65.6 Å². The number of amidine groups is 1. The van der Waals surface area contributed by atoms with Crippen LogP contribution in [-0.2, 0) is 24.0 Å². The van der Waals surface area contributed by atoms with Gasteiger partial charge in [-0.15, -0.1) is 4.90 Å². The third kappa shape index (κ3) is 6.28. The molecular formula is C21H34F2N2O7. The zero-order valence-electron chi connectivity index (χ0n) is 20.0. The maximum atomic E-state index is 14.9. The van der Waals surface area contributed by atoms with E-state index in [2.05, 4.69) is 4.99 Å². The first kappa shape index (κ1) is 26.2. The van der Waals surface area contributed by atoms with Crippen LogP contribution < -0.4 is 0 Å². The monoisotopic (exact) mass is 464 g/mol. The number of ether oxygens (including phenoxy) is 3.